The van der Waals surface area contributed by atoms with Gasteiger partial charge < -0.3 is 10.1 Å². The van der Waals surface area contributed by atoms with Gasteiger partial charge in [-0.2, -0.15) is 0 Å². The number of ether oxygens (including phenoxy) is 1. The van der Waals surface area contributed by atoms with Crippen LogP contribution in [0.2, 0.25) is 5.02 Å². The molecule has 0 fully saturated rings. The summed E-state index contributed by atoms with van der Waals surface area (Å²) in [5.41, 5.74) is 1.53. The van der Waals surface area contributed by atoms with Gasteiger partial charge in [0.2, 0.25) is 0 Å². The molecule has 0 aliphatic heterocycles. The van der Waals surface area contributed by atoms with Crippen molar-refractivity contribution < 1.29 is 9.53 Å². The maximum absolute atomic E-state index is 12.2. The molecule has 4 heteroatoms. The van der Waals surface area contributed by atoms with Crippen molar-refractivity contribution in [1.82, 2.24) is 5.32 Å². The van der Waals surface area contributed by atoms with Gasteiger partial charge in [-0.05, 0) is 42.8 Å². The molecular formula is C16H16ClNO2. The first-order chi connectivity index (χ1) is 9.60. The van der Waals surface area contributed by atoms with Crippen molar-refractivity contribution >= 4 is 17.5 Å². The van der Waals surface area contributed by atoms with Gasteiger partial charge in [0.05, 0.1) is 13.2 Å². The smallest absolute Gasteiger partial charge is 0.251 e. The fraction of sp³-hybridized carbons (Fsp3) is 0.188. The zero-order chi connectivity index (χ0) is 14.5. The zero-order valence-corrected chi connectivity index (χ0v) is 12.1. The number of nitrogens with one attached hydrogen (secondary N) is 1. The van der Waals surface area contributed by atoms with Gasteiger partial charge in [0.25, 0.3) is 5.91 Å². The molecule has 1 amide bonds. The normalized spacial score (nSPS) is 11.8. The van der Waals surface area contributed by atoms with Crippen LogP contribution < -0.4 is 10.1 Å². The Labute approximate surface area is 123 Å². The third-order valence-corrected chi connectivity index (χ3v) is 3.26. The summed E-state index contributed by atoms with van der Waals surface area (Å²) in [6.45, 7) is 1.92. The minimum Gasteiger partial charge on any atom is -0.497 e. The highest BCUT2D eigenvalue weighted by Crippen LogP contribution is 2.18. The lowest BCUT2D eigenvalue weighted by Crippen LogP contribution is -2.26. The number of carbonyl (C=O) groups excluding carboxylic acids is 1. The number of carbonyl (C=O) groups is 1. The van der Waals surface area contributed by atoms with Gasteiger partial charge in [-0.1, -0.05) is 29.8 Å². The molecule has 0 radical (unpaired) electrons. The molecule has 0 unspecified atom stereocenters. The molecule has 0 bridgehead atoms. The molecule has 0 heterocycles. The fourth-order valence-electron chi connectivity index (χ4n) is 1.90. The van der Waals surface area contributed by atoms with Crippen molar-refractivity contribution in [2.24, 2.45) is 0 Å². The van der Waals surface area contributed by atoms with Gasteiger partial charge in [-0.3, -0.25) is 4.79 Å². The van der Waals surface area contributed by atoms with E-state index in [0.717, 1.165) is 5.56 Å². The number of hydrogen-bond donors (Lipinski definition) is 1. The van der Waals surface area contributed by atoms with E-state index in [1.54, 1.807) is 31.4 Å². The predicted molar refractivity (Wildman–Crippen MR) is 80.3 cm³/mol. The van der Waals surface area contributed by atoms with Gasteiger partial charge >= 0.3 is 0 Å². The quantitative estimate of drug-likeness (QED) is 0.929. The number of rotatable bonds is 4. The lowest BCUT2D eigenvalue weighted by atomic mass is 10.1. The molecule has 0 aliphatic carbocycles. The van der Waals surface area contributed by atoms with Crippen LogP contribution in [0.15, 0.2) is 48.5 Å². The second-order valence-electron chi connectivity index (χ2n) is 4.48. The zero-order valence-electron chi connectivity index (χ0n) is 11.4. The van der Waals surface area contributed by atoms with Crippen LogP contribution in [0.25, 0.3) is 0 Å². The van der Waals surface area contributed by atoms with E-state index >= 15 is 0 Å². The van der Waals surface area contributed by atoms with Crippen molar-refractivity contribution in [3.05, 3.63) is 64.7 Å². The van der Waals surface area contributed by atoms with Gasteiger partial charge in [0.1, 0.15) is 5.75 Å². The summed E-state index contributed by atoms with van der Waals surface area (Å²) in [6, 6.07) is 14.4. The lowest BCUT2D eigenvalue weighted by Gasteiger charge is -2.15. The average Bonchev–Trinajstić information content (AvgIpc) is 2.47. The number of benzene rings is 2. The van der Waals surface area contributed by atoms with Crippen molar-refractivity contribution in [2.75, 3.05) is 7.11 Å². The first-order valence-electron chi connectivity index (χ1n) is 6.30. The number of hydrogen-bond acceptors (Lipinski definition) is 2. The monoisotopic (exact) mass is 289 g/mol. The summed E-state index contributed by atoms with van der Waals surface area (Å²) in [7, 11) is 1.58. The Morgan fingerprint density at radius 1 is 1.20 bits per heavy atom. The third kappa shape index (κ3) is 3.52. The molecule has 2 rings (SSSR count). The summed E-state index contributed by atoms with van der Waals surface area (Å²) < 4.78 is 5.11. The van der Waals surface area contributed by atoms with Crippen LogP contribution in [-0.2, 0) is 0 Å². The van der Waals surface area contributed by atoms with E-state index in [1.165, 1.54) is 0 Å². The Balaban J connectivity index is 2.10. The van der Waals surface area contributed by atoms with E-state index in [0.29, 0.717) is 16.3 Å². The first kappa shape index (κ1) is 14.4. The number of halogens is 1. The average molecular weight is 290 g/mol. The Morgan fingerprint density at radius 3 is 2.65 bits per heavy atom. The largest absolute Gasteiger partial charge is 0.497 e. The second-order valence-corrected chi connectivity index (χ2v) is 4.92. The molecule has 3 nitrogen and oxygen atoms in total. The molecule has 104 valence electrons. The molecule has 0 saturated heterocycles. The van der Waals surface area contributed by atoms with E-state index in [4.69, 9.17) is 16.3 Å². The van der Waals surface area contributed by atoms with Crippen molar-refractivity contribution in [3.8, 4) is 5.75 Å². The third-order valence-electron chi connectivity index (χ3n) is 3.03. The Bertz CT molecular complexity index is 613. The van der Waals surface area contributed by atoms with Crippen LogP contribution in [0.4, 0.5) is 0 Å². The van der Waals surface area contributed by atoms with Crippen molar-refractivity contribution in [3.63, 3.8) is 0 Å². The molecule has 2 aromatic carbocycles. The Hall–Kier alpha value is -2.00. The van der Waals surface area contributed by atoms with E-state index in [1.807, 2.05) is 31.2 Å². The van der Waals surface area contributed by atoms with Gasteiger partial charge in [-0.15, -0.1) is 0 Å². The summed E-state index contributed by atoms with van der Waals surface area (Å²) in [5, 5.41) is 3.60. The highest BCUT2D eigenvalue weighted by molar-refractivity contribution is 6.30. The molecule has 20 heavy (non-hydrogen) atoms. The minimum atomic E-state index is -0.142. The van der Waals surface area contributed by atoms with Crippen LogP contribution >= 0.6 is 11.6 Å². The standard InChI is InChI=1S/C16H16ClNO2/c1-11(12-5-3-7-14(17)9-12)18-16(19)13-6-4-8-15(10-13)20-2/h3-11H,1-2H3,(H,18,19)/t11-/m1/s1. The van der Waals surface area contributed by atoms with E-state index < -0.39 is 0 Å². The van der Waals surface area contributed by atoms with Gasteiger partial charge in [-0.25, -0.2) is 0 Å². The highest BCUT2D eigenvalue weighted by atomic mass is 35.5. The summed E-state index contributed by atoms with van der Waals surface area (Å²) in [5.74, 6) is 0.518. The molecule has 0 spiro atoms. The summed E-state index contributed by atoms with van der Waals surface area (Å²) in [6.07, 6.45) is 0. The Morgan fingerprint density at radius 2 is 1.95 bits per heavy atom. The minimum absolute atomic E-state index is 0.118. The molecular weight excluding hydrogens is 274 g/mol. The summed E-state index contributed by atoms with van der Waals surface area (Å²) in [4.78, 5) is 12.2. The maximum atomic E-state index is 12.2. The molecule has 1 N–H and O–H groups in total. The fourth-order valence-corrected chi connectivity index (χ4v) is 2.10. The SMILES string of the molecule is COc1cccc(C(=O)N[C@H](C)c2cccc(Cl)c2)c1. The van der Waals surface area contributed by atoms with Crippen LogP contribution in [0.5, 0.6) is 5.75 Å². The van der Waals surface area contributed by atoms with E-state index in [2.05, 4.69) is 5.32 Å². The van der Waals surface area contributed by atoms with Crippen LogP contribution in [-0.4, -0.2) is 13.0 Å². The molecule has 0 saturated carbocycles. The maximum Gasteiger partial charge on any atom is 0.251 e. The number of amides is 1. The Kier molecular flexibility index (Phi) is 4.64. The van der Waals surface area contributed by atoms with Crippen LogP contribution in [0.3, 0.4) is 0 Å². The molecule has 0 aliphatic rings. The van der Waals surface area contributed by atoms with Crippen LogP contribution in [0, 0.1) is 0 Å². The lowest BCUT2D eigenvalue weighted by molar-refractivity contribution is 0.0939. The molecule has 0 aromatic heterocycles. The predicted octanol–water partition coefficient (Wildman–Crippen LogP) is 3.84. The second kappa shape index (κ2) is 6.44. The van der Waals surface area contributed by atoms with E-state index in [-0.39, 0.29) is 11.9 Å². The van der Waals surface area contributed by atoms with Gasteiger partial charge in [0.15, 0.2) is 0 Å². The topological polar surface area (TPSA) is 38.3 Å². The summed E-state index contributed by atoms with van der Waals surface area (Å²) >= 11 is 5.95. The van der Waals surface area contributed by atoms with Crippen molar-refractivity contribution in [1.29, 1.82) is 0 Å². The van der Waals surface area contributed by atoms with Gasteiger partial charge in [0, 0.05) is 10.6 Å². The van der Waals surface area contributed by atoms with Crippen molar-refractivity contribution in [2.45, 2.75) is 13.0 Å². The number of methoxy groups -OCH3 is 1. The van der Waals surface area contributed by atoms with Crippen LogP contribution in [0.1, 0.15) is 28.9 Å². The molecule has 2 aromatic rings. The highest BCUT2D eigenvalue weighted by Gasteiger charge is 2.12. The van der Waals surface area contributed by atoms with E-state index in [9.17, 15) is 4.79 Å². The molecule has 1 atom stereocenters. The first-order valence-corrected chi connectivity index (χ1v) is 6.68.